The van der Waals surface area contributed by atoms with Crippen LogP contribution in [0, 0.1) is 5.92 Å². The highest BCUT2D eigenvalue weighted by Gasteiger charge is 2.12. The number of anilines is 2. The van der Waals surface area contributed by atoms with Crippen molar-refractivity contribution in [3.63, 3.8) is 0 Å². The van der Waals surface area contributed by atoms with Crippen LogP contribution in [-0.2, 0) is 0 Å². The van der Waals surface area contributed by atoms with E-state index in [4.69, 9.17) is 10.5 Å². The Morgan fingerprint density at radius 3 is 2.50 bits per heavy atom. The standard InChI is InChI=1S/C13H22N2O/c1-5-12(9(2)3)15-13-7-6-10(16-4)8-11(13)14/h6-9,12,15H,5,14H2,1-4H3. The molecule has 16 heavy (non-hydrogen) atoms. The Labute approximate surface area is 98.0 Å². The van der Waals surface area contributed by atoms with Gasteiger partial charge in [-0.3, -0.25) is 0 Å². The average Bonchev–Trinajstić information content (AvgIpc) is 2.26. The summed E-state index contributed by atoms with van der Waals surface area (Å²) in [5.41, 5.74) is 7.68. The van der Waals surface area contributed by atoms with Gasteiger partial charge in [0, 0.05) is 12.1 Å². The Morgan fingerprint density at radius 2 is 2.06 bits per heavy atom. The van der Waals surface area contributed by atoms with Gasteiger partial charge in [0.05, 0.1) is 18.5 Å². The van der Waals surface area contributed by atoms with Gasteiger partial charge in [-0.05, 0) is 24.5 Å². The third kappa shape index (κ3) is 3.05. The van der Waals surface area contributed by atoms with E-state index in [0.717, 1.165) is 23.5 Å². The number of benzene rings is 1. The molecule has 1 atom stereocenters. The van der Waals surface area contributed by atoms with Crippen LogP contribution in [0.4, 0.5) is 11.4 Å². The topological polar surface area (TPSA) is 47.3 Å². The van der Waals surface area contributed by atoms with Crippen molar-refractivity contribution in [2.75, 3.05) is 18.2 Å². The fraction of sp³-hybridized carbons (Fsp3) is 0.538. The smallest absolute Gasteiger partial charge is 0.121 e. The maximum absolute atomic E-state index is 5.96. The van der Waals surface area contributed by atoms with Crippen molar-refractivity contribution < 1.29 is 4.74 Å². The predicted molar refractivity (Wildman–Crippen MR) is 69.9 cm³/mol. The van der Waals surface area contributed by atoms with Crippen molar-refractivity contribution in [1.29, 1.82) is 0 Å². The highest BCUT2D eigenvalue weighted by molar-refractivity contribution is 5.68. The van der Waals surface area contributed by atoms with Gasteiger partial charge >= 0.3 is 0 Å². The summed E-state index contributed by atoms with van der Waals surface area (Å²) >= 11 is 0. The van der Waals surface area contributed by atoms with Crippen LogP contribution < -0.4 is 15.8 Å². The molecule has 0 saturated heterocycles. The van der Waals surface area contributed by atoms with E-state index in [1.54, 1.807) is 7.11 Å². The van der Waals surface area contributed by atoms with Crippen LogP contribution in [0.5, 0.6) is 5.75 Å². The van der Waals surface area contributed by atoms with Gasteiger partial charge in [0.25, 0.3) is 0 Å². The van der Waals surface area contributed by atoms with E-state index in [1.165, 1.54) is 0 Å². The number of rotatable bonds is 5. The molecule has 1 aromatic rings. The van der Waals surface area contributed by atoms with Crippen LogP contribution in [-0.4, -0.2) is 13.2 Å². The largest absolute Gasteiger partial charge is 0.497 e. The molecule has 0 fully saturated rings. The third-order valence-corrected chi connectivity index (χ3v) is 2.84. The minimum Gasteiger partial charge on any atom is -0.497 e. The van der Waals surface area contributed by atoms with E-state index in [-0.39, 0.29) is 0 Å². The molecule has 0 saturated carbocycles. The average molecular weight is 222 g/mol. The lowest BCUT2D eigenvalue weighted by Crippen LogP contribution is -2.25. The molecule has 3 N–H and O–H groups in total. The molecule has 0 bridgehead atoms. The number of methoxy groups -OCH3 is 1. The molecular formula is C13H22N2O. The zero-order chi connectivity index (χ0) is 12.1. The SMILES string of the molecule is CCC(Nc1ccc(OC)cc1N)C(C)C. The Hall–Kier alpha value is -1.38. The summed E-state index contributed by atoms with van der Waals surface area (Å²) in [6.07, 6.45) is 1.09. The number of nitrogen functional groups attached to an aromatic ring is 1. The fourth-order valence-electron chi connectivity index (χ4n) is 1.74. The molecule has 0 heterocycles. The minimum absolute atomic E-state index is 0.454. The van der Waals surface area contributed by atoms with Gasteiger partial charge in [-0.25, -0.2) is 0 Å². The van der Waals surface area contributed by atoms with E-state index in [2.05, 4.69) is 26.1 Å². The molecule has 0 spiro atoms. The van der Waals surface area contributed by atoms with Crippen LogP contribution in [0.25, 0.3) is 0 Å². The number of hydrogen-bond acceptors (Lipinski definition) is 3. The second-order valence-electron chi connectivity index (χ2n) is 4.36. The van der Waals surface area contributed by atoms with Crippen molar-refractivity contribution in [3.8, 4) is 5.75 Å². The minimum atomic E-state index is 0.454. The third-order valence-electron chi connectivity index (χ3n) is 2.84. The first-order valence-electron chi connectivity index (χ1n) is 5.78. The summed E-state index contributed by atoms with van der Waals surface area (Å²) in [6.45, 7) is 6.60. The predicted octanol–water partition coefficient (Wildman–Crippen LogP) is 3.12. The van der Waals surface area contributed by atoms with Crippen molar-refractivity contribution in [3.05, 3.63) is 18.2 Å². The number of nitrogens with two attached hydrogens (primary N) is 1. The maximum Gasteiger partial charge on any atom is 0.121 e. The molecule has 0 aromatic heterocycles. The molecule has 1 unspecified atom stereocenters. The van der Waals surface area contributed by atoms with Crippen LogP contribution in [0.2, 0.25) is 0 Å². The van der Waals surface area contributed by atoms with Crippen molar-refractivity contribution in [2.24, 2.45) is 5.92 Å². The second-order valence-corrected chi connectivity index (χ2v) is 4.36. The van der Waals surface area contributed by atoms with Gasteiger partial charge in [0.2, 0.25) is 0 Å². The summed E-state index contributed by atoms with van der Waals surface area (Å²) in [7, 11) is 1.64. The number of nitrogens with one attached hydrogen (secondary N) is 1. The van der Waals surface area contributed by atoms with Crippen molar-refractivity contribution in [1.82, 2.24) is 0 Å². The van der Waals surface area contributed by atoms with Gasteiger partial charge < -0.3 is 15.8 Å². The van der Waals surface area contributed by atoms with Crippen LogP contribution in [0.3, 0.4) is 0 Å². The second kappa shape index (κ2) is 5.64. The van der Waals surface area contributed by atoms with Crippen molar-refractivity contribution in [2.45, 2.75) is 33.2 Å². The van der Waals surface area contributed by atoms with Crippen LogP contribution in [0.1, 0.15) is 27.2 Å². The number of hydrogen-bond donors (Lipinski definition) is 2. The molecule has 0 radical (unpaired) electrons. The lowest BCUT2D eigenvalue weighted by atomic mass is 10.0. The van der Waals surface area contributed by atoms with Crippen molar-refractivity contribution >= 4 is 11.4 Å². The van der Waals surface area contributed by atoms with Crippen LogP contribution in [0.15, 0.2) is 18.2 Å². The van der Waals surface area contributed by atoms with E-state index >= 15 is 0 Å². The Kier molecular flexibility index (Phi) is 4.47. The quantitative estimate of drug-likeness (QED) is 0.752. The molecule has 0 aliphatic rings. The Morgan fingerprint density at radius 1 is 1.38 bits per heavy atom. The molecule has 3 heteroatoms. The van der Waals surface area contributed by atoms with Gasteiger partial charge in [0.1, 0.15) is 5.75 Å². The first kappa shape index (κ1) is 12.7. The van der Waals surface area contributed by atoms with Gasteiger partial charge in [-0.1, -0.05) is 20.8 Å². The molecule has 90 valence electrons. The van der Waals surface area contributed by atoms with E-state index < -0.39 is 0 Å². The van der Waals surface area contributed by atoms with Crippen LogP contribution >= 0.6 is 0 Å². The normalized spacial score (nSPS) is 12.6. The molecule has 1 aromatic carbocycles. The Balaban J connectivity index is 2.80. The molecule has 1 rings (SSSR count). The lowest BCUT2D eigenvalue weighted by Gasteiger charge is -2.23. The summed E-state index contributed by atoms with van der Waals surface area (Å²) in [4.78, 5) is 0. The summed E-state index contributed by atoms with van der Waals surface area (Å²) in [6, 6.07) is 6.19. The monoisotopic (exact) mass is 222 g/mol. The molecular weight excluding hydrogens is 200 g/mol. The zero-order valence-electron chi connectivity index (χ0n) is 10.6. The molecule has 0 aliphatic carbocycles. The highest BCUT2D eigenvalue weighted by atomic mass is 16.5. The molecule has 3 nitrogen and oxygen atoms in total. The van der Waals surface area contributed by atoms with Gasteiger partial charge in [-0.2, -0.15) is 0 Å². The Bertz CT molecular complexity index is 337. The lowest BCUT2D eigenvalue weighted by molar-refractivity contribution is 0.415. The van der Waals surface area contributed by atoms with E-state index in [1.807, 2.05) is 18.2 Å². The number of ether oxygens (including phenoxy) is 1. The first-order valence-corrected chi connectivity index (χ1v) is 5.78. The zero-order valence-corrected chi connectivity index (χ0v) is 10.6. The van der Waals surface area contributed by atoms with Gasteiger partial charge in [0.15, 0.2) is 0 Å². The summed E-state index contributed by atoms with van der Waals surface area (Å²) in [5, 5.41) is 3.47. The summed E-state index contributed by atoms with van der Waals surface area (Å²) in [5.74, 6) is 1.38. The summed E-state index contributed by atoms with van der Waals surface area (Å²) < 4.78 is 5.12. The highest BCUT2D eigenvalue weighted by Crippen LogP contribution is 2.26. The molecule has 0 amide bonds. The fourth-order valence-corrected chi connectivity index (χ4v) is 1.74. The first-order chi connectivity index (χ1) is 7.58. The molecule has 0 aliphatic heterocycles. The van der Waals surface area contributed by atoms with Gasteiger partial charge in [-0.15, -0.1) is 0 Å². The van der Waals surface area contributed by atoms with E-state index in [9.17, 15) is 0 Å². The van der Waals surface area contributed by atoms with E-state index in [0.29, 0.717) is 12.0 Å². The maximum atomic E-state index is 5.96.